The Balaban J connectivity index is 2.05. The second-order valence-corrected chi connectivity index (χ2v) is 6.67. The SMILES string of the molecule is CC1CCC(CN)(C(=O)N2CCCC(C)C2)CC1. The summed E-state index contributed by atoms with van der Waals surface area (Å²) in [5.41, 5.74) is 5.75. The van der Waals surface area contributed by atoms with Gasteiger partial charge in [0.25, 0.3) is 0 Å². The predicted molar refractivity (Wildman–Crippen MR) is 74.1 cm³/mol. The van der Waals surface area contributed by atoms with E-state index < -0.39 is 0 Å². The molecule has 0 bridgehead atoms. The molecule has 3 heteroatoms. The van der Waals surface area contributed by atoms with Crippen molar-refractivity contribution in [1.29, 1.82) is 0 Å². The molecule has 2 N–H and O–H groups in total. The number of hydrogen-bond acceptors (Lipinski definition) is 2. The third-order valence-corrected chi connectivity index (χ3v) is 5.02. The minimum Gasteiger partial charge on any atom is -0.342 e. The average molecular weight is 252 g/mol. The first kappa shape index (κ1) is 13.9. The zero-order valence-corrected chi connectivity index (χ0v) is 12.0. The standard InChI is InChI=1S/C15H28N2O/c1-12-5-7-15(11-16,8-6-12)14(18)17-9-3-4-13(2)10-17/h12-13H,3-11,16H2,1-2H3. The third-order valence-electron chi connectivity index (χ3n) is 5.02. The van der Waals surface area contributed by atoms with Crippen molar-refractivity contribution in [2.45, 2.75) is 52.4 Å². The van der Waals surface area contributed by atoms with Crippen LogP contribution in [-0.2, 0) is 4.79 Å². The van der Waals surface area contributed by atoms with Gasteiger partial charge in [-0.2, -0.15) is 0 Å². The number of amides is 1. The van der Waals surface area contributed by atoms with E-state index in [1.54, 1.807) is 0 Å². The van der Waals surface area contributed by atoms with Crippen LogP contribution in [0.15, 0.2) is 0 Å². The van der Waals surface area contributed by atoms with Crippen LogP contribution >= 0.6 is 0 Å². The van der Waals surface area contributed by atoms with Crippen molar-refractivity contribution < 1.29 is 4.79 Å². The Hall–Kier alpha value is -0.570. The van der Waals surface area contributed by atoms with Gasteiger partial charge in [-0.15, -0.1) is 0 Å². The van der Waals surface area contributed by atoms with Crippen LogP contribution in [0.5, 0.6) is 0 Å². The largest absolute Gasteiger partial charge is 0.342 e. The molecule has 1 amide bonds. The fourth-order valence-electron chi connectivity index (χ4n) is 3.53. The fourth-order valence-corrected chi connectivity index (χ4v) is 3.53. The van der Waals surface area contributed by atoms with E-state index in [0.29, 0.717) is 18.4 Å². The number of carbonyl (C=O) groups is 1. The molecular formula is C15H28N2O. The molecule has 1 heterocycles. The van der Waals surface area contributed by atoms with E-state index >= 15 is 0 Å². The quantitative estimate of drug-likeness (QED) is 0.820. The first-order chi connectivity index (χ1) is 8.57. The molecular weight excluding hydrogens is 224 g/mol. The molecule has 0 spiro atoms. The number of carbonyl (C=O) groups excluding carboxylic acids is 1. The highest BCUT2D eigenvalue weighted by Gasteiger charge is 2.42. The van der Waals surface area contributed by atoms with Crippen LogP contribution in [-0.4, -0.2) is 30.4 Å². The lowest BCUT2D eigenvalue weighted by atomic mass is 9.69. The maximum Gasteiger partial charge on any atom is 0.230 e. The topological polar surface area (TPSA) is 46.3 Å². The van der Waals surface area contributed by atoms with Crippen LogP contribution in [0.2, 0.25) is 0 Å². The lowest BCUT2D eigenvalue weighted by Crippen LogP contribution is -2.52. The van der Waals surface area contributed by atoms with Gasteiger partial charge in [0.05, 0.1) is 5.41 Å². The molecule has 1 unspecified atom stereocenters. The number of hydrogen-bond donors (Lipinski definition) is 1. The molecule has 104 valence electrons. The Labute approximate surface area is 111 Å². The van der Waals surface area contributed by atoms with E-state index in [0.717, 1.165) is 51.1 Å². The molecule has 0 radical (unpaired) electrons. The minimum atomic E-state index is -0.233. The van der Waals surface area contributed by atoms with Crippen LogP contribution in [0.25, 0.3) is 0 Å². The van der Waals surface area contributed by atoms with Crippen molar-refractivity contribution in [3.8, 4) is 0 Å². The van der Waals surface area contributed by atoms with Gasteiger partial charge in [-0.25, -0.2) is 0 Å². The van der Waals surface area contributed by atoms with Crippen molar-refractivity contribution in [3.63, 3.8) is 0 Å². The first-order valence-electron chi connectivity index (χ1n) is 7.57. The fraction of sp³-hybridized carbons (Fsp3) is 0.933. The Bertz CT molecular complexity index is 295. The number of rotatable bonds is 2. The van der Waals surface area contributed by atoms with E-state index in [2.05, 4.69) is 18.7 Å². The predicted octanol–water partition coefficient (Wildman–Crippen LogP) is 2.40. The summed E-state index contributed by atoms with van der Waals surface area (Å²) in [6.45, 7) is 6.95. The highest BCUT2D eigenvalue weighted by molar-refractivity contribution is 5.83. The molecule has 0 aromatic rings. The number of nitrogens with two attached hydrogens (primary N) is 1. The molecule has 1 aliphatic carbocycles. The number of likely N-dealkylation sites (tertiary alicyclic amines) is 1. The molecule has 0 aromatic heterocycles. The molecule has 1 saturated carbocycles. The summed E-state index contributed by atoms with van der Waals surface area (Å²) in [7, 11) is 0. The van der Waals surface area contributed by atoms with E-state index in [9.17, 15) is 4.79 Å². The molecule has 3 nitrogen and oxygen atoms in total. The van der Waals surface area contributed by atoms with Crippen LogP contribution in [0.3, 0.4) is 0 Å². The minimum absolute atomic E-state index is 0.233. The van der Waals surface area contributed by atoms with E-state index in [1.165, 1.54) is 6.42 Å². The Kier molecular flexibility index (Phi) is 4.31. The monoisotopic (exact) mass is 252 g/mol. The van der Waals surface area contributed by atoms with Crippen molar-refractivity contribution in [2.24, 2.45) is 23.0 Å². The first-order valence-corrected chi connectivity index (χ1v) is 7.57. The molecule has 2 aliphatic rings. The van der Waals surface area contributed by atoms with Crippen LogP contribution in [0.1, 0.15) is 52.4 Å². The maximum atomic E-state index is 12.8. The third kappa shape index (κ3) is 2.71. The van der Waals surface area contributed by atoms with Crippen molar-refractivity contribution in [1.82, 2.24) is 4.90 Å². The summed E-state index contributed by atoms with van der Waals surface area (Å²) < 4.78 is 0. The number of piperidine rings is 1. The summed E-state index contributed by atoms with van der Waals surface area (Å²) in [5.74, 6) is 1.77. The van der Waals surface area contributed by atoms with Crippen molar-refractivity contribution in [2.75, 3.05) is 19.6 Å². The highest BCUT2D eigenvalue weighted by Crippen LogP contribution is 2.40. The molecule has 1 aliphatic heterocycles. The van der Waals surface area contributed by atoms with Gasteiger partial charge in [0.1, 0.15) is 0 Å². The average Bonchev–Trinajstić information content (AvgIpc) is 2.39. The van der Waals surface area contributed by atoms with Crippen LogP contribution in [0, 0.1) is 17.3 Å². The van der Waals surface area contributed by atoms with Gasteiger partial charge >= 0.3 is 0 Å². The summed E-state index contributed by atoms with van der Waals surface area (Å²) in [6.07, 6.45) is 6.72. The smallest absolute Gasteiger partial charge is 0.230 e. The van der Waals surface area contributed by atoms with Gasteiger partial charge < -0.3 is 10.6 Å². The second kappa shape index (κ2) is 5.60. The zero-order valence-electron chi connectivity index (χ0n) is 12.0. The van der Waals surface area contributed by atoms with Gasteiger partial charge in [-0.3, -0.25) is 4.79 Å². The van der Waals surface area contributed by atoms with Gasteiger partial charge in [-0.05, 0) is 50.4 Å². The second-order valence-electron chi connectivity index (χ2n) is 6.67. The number of nitrogens with zero attached hydrogens (tertiary/aromatic N) is 1. The molecule has 18 heavy (non-hydrogen) atoms. The molecule has 0 aromatic carbocycles. The lowest BCUT2D eigenvalue weighted by Gasteiger charge is -2.42. The molecule has 1 saturated heterocycles. The molecule has 2 rings (SSSR count). The summed E-state index contributed by atoms with van der Waals surface area (Å²) >= 11 is 0. The van der Waals surface area contributed by atoms with E-state index in [-0.39, 0.29) is 5.41 Å². The zero-order chi connectivity index (χ0) is 13.2. The summed E-state index contributed by atoms with van der Waals surface area (Å²) in [6, 6.07) is 0. The Morgan fingerprint density at radius 2 is 1.89 bits per heavy atom. The van der Waals surface area contributed by atoms with Crippen LogP contribution in [0.4, 0.5) is 0 Å². The Morgan fingerprint density at radius 1 is 1.22 bits per heavy atom. The Morgan fingerprint density at radius 3 is 2.44 bits per heavy atom. The lowest BCUT2D eigenvalue weighted by molar-refractivity contribution is -0.145. The van der Waals surface area contributed by atoms with Gasteiger partial charge in [0.2, 0.25) is 5.91 Å². The van der Waals surface area contributed by atoms with Gasteiger partial charge in [-0.1, -0.05) is 13.8 Å². The molecule has 1 atom stereocenters. The summed E-state index contributed by atoms with van der Waals surface area (Å²) in [5, 5.41) is 0. The van der Waals surface area contributed by atoms with Gasteiger partial charge in [0.15, 0.2) is 0 Å². The molecule has 2 fully saturated rings. The maximum absolute atomic E-state index is 12.8. The van der Waals surface area contributed by atoms with Crippen molar-refractivity contribution in [3.05, 3.63) is 0 Å². The van der Waals surface area contributed by atoms with E-state index in [1.807, 2.05) is 0 Å². The van der Waals surface area contributed by atoms with E-state index in [4.69, 9.17) is 5.73 Å². The highest BCUT2D eigenvalue weighted by atomic mass is 16.2. The summed E-state index contributed by atoms with van der Waals surface area (Å²) in [4.78, 5) is 14.9. The van der Waals surface area contributed by atoms with Crippen molar-refractivity contribution >= 4 is 5.91 Å². The normalized spacial score (nSPS) is 37.6. The van der Waals surface area contributed by atoms with Gasteiger partial charge in [0, 0.05) is 19.6 Å². The van der Waals surface area contributed by atoms with Crippen LogP contribution < -0.4 is 5.73 Å².